The van der Waals surface area contributed by atoms with Crippen molar-refractivity contribution in [2.24, 2.45) is 0 Å². The van der Waals surface area contributed by atoms with Crippen LogP contribution in [0.5, 0.6) is 0 Å². The number of hydrogen-bond acceptors (Lipinski definition) is 5. The van der Waals surface area contributed by atoms with Gasteiger partial charge in [-0.25, -0.2) is 4.39 Å². The fraction of sp³-hybridized carbons (Fsp3) is 0.529. The fourth-order valence-corrected chi connectivity index (χ4v) is 3.46. The van der Waals surface area contributed by atoms with Crippen molar-refractivity contribution in [2.75, 3.05) is 19.8 Å². The molecule has 0 unspecified atom stereocenters. The molecule has 0 bridgehead atoms. The topological polar surface area (TPSA) is 57.4 Å². The highest BCUT2D eigenvalue weighted by atomic mass is 19.1. The largest absolute Gasteiger partial charge is 0.421 e. The second kappa shape index (κ2) is 6.02. The lowest BCUT2D eigenvalue weighted by molar-refractivity contribution is 0.0503. The summed E-state index contributed by atoms with van der Waals surface area (Å²) in [7, 11) is 0. The highest BCUT2D eigenvalue weighted by molar-refractivity contribution is 5.33. The van der Waals surface area contributed by atoms with E-state index in [-0.39, 0.29) is 11.9 Å². The normalized spacial score (nSPS) is 24.0. The minimum absolute atomic E-state index is 0.111. The summed E-state index contributed by atoms with van der Waals surface area (Å²) in [6.45, 7) is 1.91. The summed E-state index contributed by atoms with van der Waals surface area (Å²) in [6, 6.07) is 6.65. The molecule has 0 spiro atoms. The number of aromatic nitrogens is 2. The minimum Gasteiger partial charge on any atom is -0.421 e. The molecule has 6 heteroatoms. The average molecular weight is 318 g/mol. The average Bonchev–Trinajstić information content (AvgIpc) is 3.27. The van der Waals surface area contributed by atoms with Gasteiger partial charge < -0.3 is 13.9 Å². The molecule has 4 rings (SSSR count). The number of benzene rings is 1. The van der Waals surface area contributed by atoms with E-state index < -0.39 is 5.41 Å². The molecule has 0 aliphatic carbocycles. The van der Waals surface area contributed by atoms with E-state index in [1.54, 1.807) is 12.1 Å². The Kier molecular flexibility index (Phi) is 3.87. The summed E-state index contributed by atoms with van der Waals surface area (Å²) in [5.41, 5.74) is 0.382. The van der Waals surface area contributed by atoms with Crippen LogP contribution < -0.4 is 0 Å². The Bertz CT molecular complexity index is 676. The predicted octanol–water partition coefficient (Wildman–Crippen LogP) is 3.16. The standard InChI is InChI=1S/C17H19FN2O3/c18-13-4-1-3-12(11-13)17(6-9-21-10-7-17)16-20-19-15(23-16)14-5-2-8-22-14/h1,3-4,11,14H,2,5-10H2/t14-/m0/s1. The zero-order valence-electron chi connectivity index (χ0n) is 12.8. The Balaban J connectivity index is 1.73. The van der Waals surface area contributed by atoms with Crippen molar-refractivity contribution in [2.45, 2.75) is 37.2 Å². The molecule has 2 saturated heterocycles. The lowest BCUT2D eigenvalue weighted by atomic mass is 9.74. The van der Waals surface area contributed by atoms with Gasteiger partial charge in [0.1, 0.15) is 11.9 Å². The fourth-order valence-electron chi connectivity index (χ4n) is 3.46. The van der Waals surface area contributed by atoms with Gasteiger partial charge in [0.05, 0.1) is 5.41 Å². The van der Waals surface area contributed by atoms with E-state index in [0.29, 0.717) is 37.8 Å². The highest BCUT2D eigenvalue weighted by Crippen LogP contribution is 2.41. The van der Waals surface area contributed by atoms with Crippen molar-refractivity contribution in [1.29, 1.82) is 0 Å². The quantitative estimate of drug-likeness (QED) is 0.870. The van der Waals surface area contributed by atoms with Gasteiger partial charge in [0.15, 0.2) is 0 Å². The lowest BCUT2D eigenvalue weighted by Gasteiger charge is -2.34. The number of hydrogen-bond donors (Lipinski definition) is 0. The first-order chi connectivity index (χ1) is 11.3. The summed E-state index contributed by atoms with van der Waals surface area (Å²) in [5, 5.41) is 8.48. The molecular formula is C17H19FN2O3. The Morgan fingerprint density at radius 3 is 2.74 bits per heavy atom. The first kappa shape index (κ1) is 14.8. The van der Waals surface area contributed by atoms with Crippen LogP contribution in [0.3, 0.4) is 0 Å². The molecule has 0 radical (unpaired) electrons. The van der Waals surface area contributed by atoms with Crippen molar-refractivity contribution in [1.82, 2.24) is 10.2 Å². The summed E-state index contributed by atoms with van der Waals surface area (Å²) in [4.78, 5) is 0. The van der Waals surface area contributed by atoms with Gasteiger partial charge in [-0.2, -0.15) is 0 Å². The number of nitrogens with zero attached hydrogens (tertiary/aromatic N) is 2. The second-order valence-corrected chi connectivity index (χ2v) is 6.15. The second-order valence-electron chi connectivity index (χ2n) is 6.15. The number of rotatable bonds is 3. The molecule has 0 saturated carbocycles. The first-order valence-corrected chi connectivity index (χ1v) is 8.07. The molecule has 2 aliphatic heterocycles. The molecular weight excluding hydrogens is 299 g/mol. The van der Waals surface area contributed by atoms with Gasteiger partial charge in [-0.1, -0.05) is 12.1 Å². The van der Waals surface area contributed by atoms with E-state index in [0.717, 1.165) is 25.0 Å². The molecule has 2 aliphatic rings. The molecule has 1 aromatic heterocycles. The molecule has 3 heterocycles. The van der Waals surface area contributed by atoms with Crippen molar-refractivity contribution in [3.8, 4) is 0 Å². The van der Waals surface area contributed by atoms with E-state index in [2.05, 4.69) is 10.2 Å². The molecule has 0 amide bonds. The summed E-state index contributed by atoms with van der Waals surface area (Å²) < 4.78 is 30.8. The molecule has 2 aromatic rings. The zero-order valence-corrected chi connectivity index (χ0v) is 12.8. The maximum Gasteiger partial charge on any atom is 0.245 e. The van der Waals surface area contributed by atoms with Crippen molar-refractivity contribution < 1.29 is 18.3 Å². The van der Waals surface area contributed by atoms with Crippen LogP contribution in [0.15, 0.2) is 28.7 Å². The SMILES string of the molecule is Fc1cccc(C2(c3nnc([C@@H]4CCCO4)o3)CCOCC2)c1. The molecule has 2 fully saturated rings. The molecule has 5 nitrogen and oxygen atoms in total. The van der Waals surface area contributed by atoms with Crippen LogP contribution >= 0.6 is 0 Å². The third kappa shape index (κ3) is 2.66. The predicted molar refractivity (Wildman–Crippen MR) is 79.5 cm³/mol. The molecule has 1 atom stereocenters. The lowest BCUT2D eigenvalue weighted by Crippen LogP contribution is -2.35. The van der Waals surface area contributed by atoms with Gasteiger partial charge >= 0.3 is 0 Å². The highest BCUT2D eigenvalue weighted by Gasteiger charge is 2.42. The van der Waals surface area contributed by atoms with E-state index in [1.165, 1.54) is 6.07 Å². The minimum atomic E-state index is -0.482. The van der Waals surface area contributed by atoms with E-state index in [4.69, 9.17) is 13.9 Å². The Labute approximate surface area is 133 Å². The van der Waals surface area contributed by atoms with Crippen LogP contribution in [0.25, 0.3) is 0 Å². The molecule has 0 N–H and O–H groups in total. The van der Waals surface area contributed by atoms with E-state index in [1.807, 2.05) is 6.07 Å². The Hall–Kier alpha value is -1.79. The third-order valence-electron chi connectivity index (χ3n) is 4.78. The van der Waals surface area contributed by atoms with Gasteiger partial charge in [0, 0.05) is 19.8 Å². The van der Waals surface area contributed by atoms with Gasteiger partial charge in [-0.05, 0) is 43.4 Å². The maximum atomic E-state index is 13.7. The zero-order chi connectivity index (χ0) is 15.7. The van der Waals surface area contributed by atoms with Crippen LogP contribution in [-0.2, 0) is 14.9 Å². The van der Waals surface area contributed by atoms with Gasteiger partial charge in [0.25, 0.3) is 0 Å². The number of halogens is 1. The van der Waals surface area contributed by atoms with E-state index >= 15 is 0 Å². The van der Waals surface area contributed by atoms with E-state index in [9.17, 15) is 4.39 Å². The third-order valence-corrected chi connectivity index (χ3v) is 4.78. The van der Waals surface area contributed by atoms with Gasteiger partial charge in [-0.3, -0.25) is 0 Å². The van der Waals surface area contributed by atoms with Gasteiger partial charge in [-0.15, -0.1) is 10.2 Å². The Morgan fingerprint density at radius 2 is 2.00 bits per heavy atom. The summed E-state index contributed by atoms with van der Waals surface area (Å²) in [5.74, 6) is 0.809. The molecule has 1 aromatic carbocycles. The molecule has 23 heavy (non-hydrogen) atoms. The van der Waals surface area contributed by atoms with Crippen LogP contribution in [0.2, 0.25) is 0 Å². The van der Waals surface area contributed by atoms with Crippen molar-refractivity contribution in [3.63, 3.8) is 0 Å². The first-order valence-electron chi connectivity index (χ1n) is 8.07. The number of ether oxygens (including phenoxy) is 2. The monoisotopic (exact) mass is 318 g/mol. The van der Waals surface area contributed by atoms with Crippen LogP contribution in [0.4, 0.5) is 4.39 Å². The summed E-state index contributed by atoms with van der Waals surface area (Å²) >= 11 is 0. The van der Waals surface area contributed by atoms with Gasteiger partial charge in [0.2, 0.25) is 11.8 Å². The van der Waals surface area contributed by atoms with Crippen molar-refractivity contribution >= 4 is 0 Å². The summed E-state index contributed by atoms with van der Waals surface area (Å²) in [6.07, 6.45) is 3.19. The van der Waals surface area contributed by atoms with Crippen LogP contribution in [0, 0.1) is 5.82 Å². The Morgan fingerprint density at radius 1 is 1.13 bits per heavy atom. The van der Waals surface area contributed by atoms with Crippen LogP contribution in [0.1, 0.15) is 49.1 Å². The van der Waals surface area contributed by atoms with Crippen molar-refractivity contribution in [3.05, 3.63) is 47.4 Å². The molecule has 122 valence electrons. The maximum absolute atomic E-state index is 13.7. The van der Waals surface area contributed by atoms with Crippen LogP contribution in [-0.4, -0.2) is 30.0 Å². The smallest absolute Gasteiger partial charge is 0.245 e.